The van der Waals surface area contributed by atoms with E-state index in [0.29, 0.717) is 5.56 Å². The molecule has 0 saturated heterocycles. The van der Waals surface area contributed by atoms with Crippen molar-refractivity contribution in [3.63, 3.8) is 0 Å². The molecule has 2 nitrogen and oxygen atoms in total. The highest BCUT2D eigenvalue weighted by atomic mass is 79.9. The Labute approximate surface area is 132 Å². The fraction of sp³-hybridized carbons (Fsp3) is 0.188. The molecule has 4 heteroatoms. The average Bonchev–Trinajstić information content (AvgIpc) is 2.46. The van der Waals surface area contributed by atoms with E-state index in [2.05, 4.69) is 33.8 Å². The summed E-state index contributed by atoms with van der Waals surface area (Å²) < 4.78 is 0.901. The predicted octanol–water partition coefficient (Wildman–Crippen LogP) is 5.17. The zero-order valence-corrected chi connectivity index (χ0v) is 13.6. The molecule has 0 aliphatic heterocycles. The highest BCUT2D eigenvalue weighted by Gasteiger charge is 2.17. The van der Waals surface area contributed by atoms with Crippen LogP contribution in [0.3, 0.4) is 0 Å². The molecule has 1 atom stereocenters. The van der Waals surface area contributed by atoms with Gasteiger partial charge in [-0.25, -0.2) is 0 Å². The lowest BCUT2D eigenvalue weighted by Gasteiger charge is -2.29. The second kappa shape index (κ2) is 6.30. The number of anilines is 1. The van der Waals surface area contributed by atoms with Crippen LogP contribution in [0.2, 0.25) is 5.02 Å². The van der Waals surface area contributed by atoms with Gasteiger partial charge >= 0.3 is 0 Å². The monoisotopic (exact) mass is 348 g/mol. The first-order valence-electron chi connectivity index (χ1n) is 6.21. The summed E-state index contributed by atoms with van der Waals surface area (Å²) in [6, 6.07) is 15.7. The number of nitrogens with zero attached hydrogens (tertiary/aromatic N) is 2. The molecule has 0 N–H and O–H groups in total. The van der Waals surface area contributed by atoms with E-state index >= 15 is 0 Å². The third-order valence-corrected chi connectivity index (χ3v) is 4.37. The lowest BCUT2D eigenvalue weighted by atomic mass is 10.1. The predicted molar refractivity (Wildman–Crippen MR) is 87.1 cm³/mol. The molecule has 0 heterocycles. The maximum atomic E-state index is 8.91. The molecule has 0 radical (unpaired) electrons. The summed E-state index contributed by atoms with van der Waals surface area (Å²) in [6.07, 6.45) is 0. The molecule has 102 valence electrons. The van der Waals surface area contributed by atoms with Gasteiger partial charge in [0.1, 0.15) is 0 Å². The van der Waals surface area contributed by atoms with Crippen LogP contribution in [0.5, 0.6) is 0 Å². The molecule has 0 saturated carbocycles. The zero-order chi connectivity index (χ0) is 14.7. The van der Waals surface area contributed by atoms with Crippen molar-refractivity contribution < 1.29 is 0 Å². The first kappa shape index (κ1) is 14.9. The average molecular weight is 350 g/mol. The van der Waals surface area contributed by atoms with Crippen LogP contribution in [0, 0.1) is 11.3 Å². The largest absolute Gasteiger partial charge is 0.367 e. The SMILES string of the molecule is CC(c1ccccc1Cl)N(C)c1ccc(C#N)cc1Br. The van der Waals surface area contributed by atoms with Crippen molar-refractivity contribution in [2.75, 3.05) is 11.9 Å². The molecule has 2 rings (SSSR count). The van der Waals surface area contributed by atoms with Crippen molar-refractivity contribution in [3.05, 3.63) is 63.1 Å². The third-order valence-electron chi connectivity index (χ3n) is 3.39. The maximum Gasteiger partial charge on any atom is 0.0992 e. The fourth-order valence-corrected chi connectivity index (χ4v) is 3.05. The molecule has 0 bridgehead atoms. The number of benzene rings is 2. The Morgan fingerprint density at radius 1 is 1.25 bits per heavy atom. The highest BCUT2D eigenvalue weighted by molar-refractivity contribution is 9.10. The number of rotatable bonds is 3. The molecule has 0 fully saturated rings. The van der Waals surface area contributed by atoms with E-state index in [1.807, 2.05) is 49.5 Å². The molecule has 2 aromatic rings. The van der Waals surface area contributed by atoms with Gasteiger partial charge in [0.15, 0.2) is 0 Å². The highest BCUT2D eigenvalue weighted by Crippen LogP contribution is 2.34. The van der Waals surface area contributed by atoms with Crippen molar-refractivity contribution >= 4 is 33.2 Å². The van der Waals surface area contributed by atoms with Gasteiger partial charge in [-0.2, -0.15) is 5.26 Å². The first-order valence-corrected chi connectivity index (χ1v) is 7.38. The van der Waals surface area contributed by atoms with Gasteiger partial charge in [0.05, 0.1) is 23.4 Å². The number of nitriles is 1. The van der Waals surface area contributed by atoms with Crippen LogP contribution < -0.4 is 4.90 Å². The summed E-state index contributed by atoms with van der Waals surface area (Å²) in [5.41, 5.74) is 2.74. The number of hydrogen-bond donors (Lipinski definition) is 0. The Balaban J connectivity index is 2.34. The minimum Gasteiger partial charge on any atom is -0.367 e. The molecule has 0 amide bonds. The lowest BCUT2D eigenvalue weighted by molar-refractivity contribution is 0.738. The lowest BCUT2D eigenvalue weighted by Crippen LogP contribution is -2.22. The maximum absolute atomic E-state index is 8.91. The van der Waals surface area contributed by atoms with E-state index in [4.69, 9.17) is 16.9 Å². The molecule has 0 aliphatic rings. The summed E-state index contributed by atoms with van der Waals surface area (Å²) in [4.78, 5) is 2.13. The van der Waals surface area contributed by atoms with Crippen LogP contribution in [0.1, 0.15) is 24.1 Å². The molecule has 20 heavy (non-hydrogen) atoms. The Kier molecular flexibility index (Phi) is 4.69. The normalized spacial score (nSPS) is 11.8. The second-order valence-corrected chi connectivity index (χ2v) is 5.85. The molecule has 0 aromatic heterocycles. The van der Waals surface area contributed by atoms with Gasteiger partial charge in [0.2, 0.25) is 0 Å². The standard InChI is InChI=1S/C16H14BrClN2/c1-11(13-5-3-4-6-15(13)18)20(2)16-8-7-12(10-19)9-14(16)17/h3-9,11H,1-2H3. The summed E-state index contributed by atoms with van der Waals surface area (Å²) in [5.74, 6) is 0. The van der Waals surface area contributed by atoms with Crippen molar-refractivity contribution in [1.82, 2.24) is 0 Å². The molecule has 1 unspecified atom stereocenters. The quantitative estimate of drug-likeness (QED) is 0.764. The summed E-state index contributed by atoms with van der Waals surface area (Å²) in [6.45, 7) is 2.10. The Morgan fingerprint density at radius 2 is 1.95 bits per heavy atom. The molecular formula is C16H14BrClN2. The smallest absolute Gasteiger partial charge is 0.0992 e. The van der Waals surface area contributed by atoms with Crippen molar-refractivity contribution in [3.8, 4) is 6.07 Å². The minimum atomic E-state index is 0.132. The van der Waals surface area contributed by atoms with E-state index in [-0.39, 0.29) is 6.04 Å². The van der Waals surface area contributed by atoms with Crippen LogP contribution >= 0.6 is 27.5 Å². The number of halogens is 2. The summed E-state index contributed by atoms with van der Waals surface area (Å²) in [7, 11) is 2.01. The van der Waals surface area contributed by atoms with E-state index in [9.17, 15) is 0 Å². The van der Waals surface area contributed by atoms with Crippen molar-refractivity contribution in [1.29, 1.82) is 5.26 Å². The van der Waals surface area contributed by atoms with E-state index < -0.39 is 0 Å². The molecule has 0 spiro atoms. The van der Waals surface area contributed by atoms with Gasteiger partial charge in [-0.15, -0.1) is 0 Å². The molecule has 2 aromatic carbocycles. The van der Waals surface area contributed by atoms with Gasteiger partial charge < -0.3 is 4.90 Å². The van der Waals surface area contributed by atoms with Crippen LogP contribution in [0.4, 0.5) is 5.69 Å². The van der Waals surface area contributed by atoms with Gasteiger partial charge in [-0.05, 0) is 52.7 Å². The second-order valence-electron chi connectivity index (χ2n) is 4.59. The fourth-order valence-electron chi connectivity index (χ4n) is 2.09. The van der Waals surface area contributed by atoms with Crippen molar-refractivity contribution in [2.45, 2.75) is 13.0 Å². The Bertz CT molecular complexity index is 664. The van der Waals surface area contributed by atoms with Gasteiger partial charge in [0, 0.05) is 16.5 Å². The van der Waals surface area contributed by atoms with Gasteiger partial charge in [-0.3, -0.25) is 0 Å². The van der Waals surface area contributed by atoms with E-state index in [1.165, 1.54) is 0 Å². The van der Waals surface area contributed by atoms with Crippen LogP contribution in [0.15, 0.2) is 46.9 Å². The number of hydrogen-bond acceptors (Lipinski definition) is 2. The van der Waals surface area contributed by atoms with E-state index in [0.717, 1.165) is 20.7 Å². The van der Waals surface area contributed by atoms with E-state index in [1.54, 1.807) is 0 Å². The molecule has 0 aliphatic carbocycles. The van der Waals surface area contributed by atoms with Crippen LogP contribution in [0.25, 0.3) is 0 Å². The first-order chi connectivity index (χ1) is 9.54. The zero-order valence-electron chi connectivity index (χ0n) is 11.3. The Morgan fingerprint density at radius 3 is 2.55 bits per heavy atom. The molecular weight excluding hydrogens is 336 g/mol. The minimum absolute atomic E-state index is 0.132. The summed E-state index contributed by atoms with van der Waals surface area (Å²) >= 11 is 9.78. The third kappa shape index (κ3) is 2.98. The van der Waals surface area contributed by atoms with Crippen LogP contribution in [-0.4, -0.2) is 7.05 Å². The van der Waals surface area contributed by atoms with Crippen LogP contribution in [-0.2, 0) is 0 Å². The Hall–Kier alpha value is -1.50. The van der Waals surface area contributed by atoms with Gasteiger partial charge in [0.25, 0.3) is 0 Å². The van der Waals surface area contributed by atoms with Gasteiger partial charge in [-0.1, -0.05) is 29.8 Å². The summed E-state index contributed by atoms with van der Waals surface area (Å²) in [5, 5.41) is 9.67. The van der Waals surface area contributed by atoms with Crippen molar-refractivity contribution in [2.24, 2.45) is 0 Å². The topological polar surface area (TPSA) is 27.0 Å².